The van der Waals surface area contributed by atoms with E-state index in [2.05, 4.69) is 28.2 Å². The molecule has 0 saturated carbocycles. The molecule has 2 aliphatic rings. The molecule has 4 N–H and O–H groups in total. The zero-order valence-corrected chi connectivity index (χ0v) is 11.5. The van der Waals surface area contributed by atoms with E-state index in [0.717, 1.165) is 31.8 Å². The van der Waals surface area contributed by atoms with Crippen molar-refractivity contribution in [2.45, 2.75) is 51.3 Å². The van der Waals surface area contributed by atoms with Gasteiger partial charge in [-0.25, -0.2) is 0 Å². The monoisotopic (exact) mass is 252 g/mol. The molecule has 0 aromatic rings. The van der Waals surface area contributed by atoms with E-state index in [1.165, 1.54) is 0 Å². The smallest absolute Gasteiger partial charge is 0.0975 e. The molecule has 18 heavy (non-hydrogen) atoms. The van der Waals surface area contributed by atoms with Crippen molar-refractivity contribution in [1.82, 2.24) is 10.2 Å². The Kier molecular flexibility index (Phi) is 3.52. The summed E-state index contributed by atoms with van der Waals surface area (Å²) in [5.41, 5.74) is 5.53. The van der Waals surface area contributed by atoms with Gasteiger partial charge in [-0.2, -0.15) is 0 Å². The SMILES string of the molecule is C/C=C1/NCC(N=C(N)CC)C2(C)C(O)CCN12. The largest absolute Gasteiger partial charge is 0.391 e. The van der Waals surface area contributed by atoms with Crippen molar-refractivity contribution >= 4 is 5.84 Å². The van der Waals surface area contributed by atoms with Crippen molar-refractivity contribution in [1.29, 1.82) is 0 Å². The van der Waals surface area contributed by atoms with E-state index >= 15 is 0 Å². The number of amidine groups is 1. The third-order valence-electron chi connectivity index (χ3n) is 4.28. The van der Waals surface area contributed by atoms with Crippen LogP contribution < -0.4 is 11.1 Å². The molecule has 0 radical (unpaired) electrons. The van der Waals surface area contributed by atoms with Crippen molar-refractivity contribution in [3.63, 3.8) is 0 Å². The Morgan fingerprint density at radius 2 is 2.44 bits per heavy atom. The number of rotatable bonds is 2. The minimum absolute atomic E-state index is 0.00125. The fourth-order valence-corrected chi connectivity index (χ4v) is 2.98. The van der Waals surface area contributed by atoms with E-state index in [4.69, 9.17) is 5.73 Å². The molecule has 2 rings (SSSR count). The molecule has 2 aliphatic heterocycles. The number of allylic oxidation sites excluding steroid dienone is 1. The molecule has 2 saturated heterocycles. The van der Waals surface area contributed by atoms with Gasteiger partial charge in [0.2, 0.25) is 0 Å². The van der Waals surface area contributed by atoms with Crippen LogP contribution in [0.25, 0.3) is 0 Å². The topological polar surface area (TPSA) is 73.9 Å². The summed E-state index contributed by atoms with van der Waals surface area (Å²) in [6.45, 7) is 7.69. The third-order valence-corrected chi connectivity index (χ3v) is 4.28. The molecule has 0 amide bonds. The average Bonchev–Trinajstić information content (AvgIpc) is 2.68. The maximum absolute atomic E-state index is 10.3. The lowest BCUT2D eigenvalue weighted by molar-refractivity contribution is 0.0207. The van der Waals surface area contributed by atoms with Crippen molar-refractivity contribution in [3.8, 4) is 0 Å². The highest BCUT2D eigenvalue weighted by Gasteiger charge is 2.52. The normalized spacial score (nSPS) is 38.8. The average molecular weight is 252 g/mol. The summed E-state index contributed by atoms with van der Waals surface area (Å²) in [5.74, 6) is 1.75. The van der Waals surface area contributed by atoms with Crippen LogP contribution in [0.15, 0.2) is 16.9 Å². The van der Waals surface area contributed by atoms with Crippen LogP contribution in [0.1, 0.15) is 33.6 Å². The molecule has 0 aromatic heterocycles. The molecule has 2 fully saturated rings. The van der Waals surface area contributed by atoms with Crippen molar-refractivity contribution in [2.24, 2.45) is 10.7 Å². The number of nitrogens with zero attached hydrogens (tertiary/aromatic N) is 2. The molecule has 0 aromatic carbocycles. The van der Waals surface area contributed by atoms with Gasteiger partial charge in [-0.3, -0.25) is 4.99 Å². The van der Waals surface area contributed by atoms with Gasteiger partial charge in [0, 0.05) is 19.5 Å². The number of nitrogens with one attached hydrogen (secondary N) is 1. The third kappa shape index (κ3) is 1.86. The van der Waals surface area contributed by atoms with Crippen LogP contribution in [0.2, 0.25) is 0 Å². The van der Waals surface area contributed by atoms with Gasteiger partial charge >= 0.3 is 0 Å². The van der Waals surface area contributed by atoms with E-state index in [0.29, 0.717) is 5.84 Å². The summed E-state index contributed by atoms with van der Waals surface area (Å²) >= 11 is 0. The standard InChI is InChI=1S/C13H24N4O/c1-4-11(14)16-9-8-15-12(5-2)17-7-6-10(18)13(9,17)3/h5,9-10,15,18H,4,6-8H2,1-3H3,(H2,14,16)/b12-5-. The molecule has 5 nitrogen and oxygen atoms in total. The van der Waals surface area contributed by atoms with Crippen LogP contribution >= 0.6 is 0 Å². The summed E-state index contributed by atoms with van der Waals surface area (Å²) in [4.78, 5) is 6.83. The van der Waals surface area contributed by atoms with E-state index < -0.39 is 0 Å². The van der Waals surface area contributed by atoms with Gasteiger partial charge in [-0.1, -0.05) is 6.92 Å². The Balaban J connectivity index is 2.34. The van der Waals surface area contributed by atoms with Crippen molar-refractivity contribution in [3.05, 3.63) is 11.9 Å². The molecule has 2 heterocycles. The van der Waals surface area contributed by atoms with Crippen LogP contribution in [-0.4, -0.2) is 46.6 Å². The fraction of sp³-hybridized carbons (Fsp3) is 0.769. The minimum Gasteiger partial charge on any atom is -0.391 e. The van der Waals surface area contributed by atoms with Gasteiger partial charge in [0.25, 0.3) is 0 Å². The maximum Gasteiger partial charge on any atom is 0.0975 e. The first kappa shape index (κ1) is 13.2. The lowest BCUT2D eigenvalue weighted by Crippen LogP contribution is -2.64. The zero-order chi connectivity index (χ0) is 13.3. The predicted molar refractivity (Wildman–Crippen MR) is 73.2 cm³/mol. The molecule has 3 unspecified atom stereocenters. The fourth-order valence-electron chi connectivity index (χ4n) is 2.98. The highest BCUT2D eigenvalue weighted by molar-refractivity contribution is 5.80. The number of nitrogens with two attached hydrogens (primary N) is 1. The van der Waals surface area contributed by atoms with Gasteiger partial charge in [0.05, 0.1) is 29.3 Å². The van der Waals surface area contributed by atoms with Gasteiger partial charge in [0.1, 0.15) is 0 Å². The first-order valence-corrected chi connectivity index (χ1v) is 6.72. The van der Waals surface area contributed by atoms with Crippen LogP contribution in [0, 0.1) is 0 Å². The Morgan fingerprint density at radius 3 is 3.06 bits per heavy atom. The second kappa shape index (κ2) is 4.80. The summed E-state index contributed by atoms with van der Waals surface area (Å²) < 4.78 is 0. The van der Waals surface area contributed by atoms with Crippen molar-refractivity contribution in [2.75, 3.05) is 13.1 Å². The number of aliphatic imine (C=N–C) groups is 1. The molecule has 0 bridgehead atoms. The summed E-state index contributed by atoms with van der Waals surface area (Å²) in [6.07, 6.45) is 3.24. The van der Waals surface area contributed by atoms with Crippen LogP contribution in [0.4, 0.5) is 0 Å². The minimum atomic E-state index is -0.354. The Labute approximate surface area is 109 Å². The molecule has 3 atom stereocenters. The molecular formula is C13H24N4O. The lowest BCUT2D eigenvalue weighted by Gasteiger charge is -2.48. The van der Waals surface area contributed by atoms with E-state index in [-0.39, 0.29) is 17.7 Å². The van der Waals surface area contributed by atoms with E-state index in [1.807, 2.05) is 13.8 Å². The number of aliphatic hydroxyl groups is 1. The lowest BCUT2D eigenvalue weighted by atomic mass is 9.85. The molecular weight excluding hydrogens is 228 g/mol. The summed E-state index contributed by atoms with van der Waals surface area (Å²) in [7, 11) is 0. The first-order valence-electron chi connectivity index (χ1n) is 6.72. The molecule has 5 heteroatoms. The van der Waals surface area contributed by atoms with E-state index in [1.54, 1.807) is 0 Å². The number of hydrogen-bond donors (Lipinski definition) is 3. The van der Waals surface area contributed by atoms with Gasteiger partial charge in [-0.05, 0) is 26.3 Å². The van der Waals surface area contributed by atoms with Gasteiger partial charge in [-0.15, -0.1) is 0 Å². The van der Waals surface area contributed by atoms with Gasteiger partial charge in [0.15, 0.2) is 0 Å². The number of hydrogen-bond acceptors (Lipinski definition) is 4. The number of aliphatic hydroxyl groups excluding tert-OH is 1. The van der Waals surface area contributed by atoms with E-state index in [9.17, 15) is 5.11 Å². The zero-order valence-electron chi connectivity index (χ0n) is 11.5. The maximum atomic E-state index is 10.3. The molecule has 102 valence electrons. The highest BCUT2D eigenvalue weighted by atomic mass is 16.3. The second-order valence-electron chi connectivity index (χ2n) is 5.23. The quantitative estimate of drug-likeness (QED) is 0.492. The Hall–Kier alpha value is -1.23. The summed E-state index contributed by atoms with van der Waals surface area (Å²) in [6, 6.07) is -0.00125. The van der Waals surface area contributed by atoms with Crippen LogP contribution in [-0.2, 0) is 0 Å². The Morgan fingerprint density at radius 1 is 1.72 bits per heavy atom. The predicted octanol–water partition coefficient (Wildman–Crippen LogP) is 0.412. The van der Waals surface area contributed by atoms with Crippen LogP contribution in [0.3, 0.4) is 0 Å². The first-order chi connectivity index (χ1) is 8.53. The summed E-state index contributed by atoms with van der Waals surface area (Å²) in [5, 5.41) is 13.7. The second-order valence-corrected chi connectivity index (χ2v) is 5.23. The van der Waals surface area contributed by atoms with Gasteiger partial charge < -0.3 is 21.1 Å². The molecule has 0 aliphatic carbocycles. The van der Waals surface area contributed by atoms with Crippen LogP contribution in [0.5, 0.6) is 0 Å². The Bertz CT molecular complexity index is 379. The molecule has 0 spiro atoms. The van der Waals surface area contributed by atoms with Crippen molar-refractivity contribution < 1.29 is 5.11 Å². The highest BCUT2D eigenvalue weighted by Crippen LogP contribution is 2.38. The number of fused-ring (bicyclic) bond motifs is 1.